The van der Waals surface area contributed by atoms with Gasteiger partial charge < -0.3 is 15.4 Å². The number of hydrogen-bond acceptors (Lipinski definition) is 5. The zero-order chi connectivity index (χ0) is 19.1. The van der Waals surface area contributed by atoms with Crippen molar-refractivity contribution in [1.29, 1.82) is 0 Å². The molecule has 0 aliphatic carbocycles. The number of amides is 1. The van der Waals surface area contributed by atoms with E-state index >= 15 is 0 Å². The number of rotatable bonds is 7. The highest BCUT2D eigenvalue weighted by atomic mass is 19.1. The molecule has 0 unspecified atom stereocenters. The van der Waals surface area contributed by atoms with Gasteiger partial charge in [-0.05, 0) is 41.5 Å². The fraction of sp³-hybridized carbons (Fsp3) is 0.150. The number of carbonyl (C=O) groups is 1. The van der Waals surface area contributed by atoms with Gasteiger partial charge in [-0.15, -0.1) is 0 Å². The number of aromatic nitrogens is 2. The first-order valence-corrected chi connectivity index (χ1v) is 8.36. The van der Waals surface area contributed by atoms with Gasteiger partial charge in [0.25, 0.3) is 5.91 Å². The first kappa shape index (κ1) is 18.3. The maximum atomic E-state index is 12.9. The molecule has 2 N–H and O–H groups in total. The largest absolute Gasteiger partial charge is 0.497 e. The van der Waals surface area contributed by atoms with Crippen molar-refractivity contribution in [1.82, 2.24) is 15.3 Å². The highest BCUT2D eigenvalue weighted by Gasteiger charge is 2.09. The SMILES string of the molecule is COc1ccc(CNc2nccc(C(=O)NCc3ccc(F)cc3)n2)cc1. The lowest BCUT2D eigenvalue weighted by atomic mass is 10.2. The zero-order valence-electron chi connectivity index (χ0n) is 14.8. The third kappa shape index (κ3) is 5.24. The Morgan fingerprint density at radius 1 is 1.00 bits per heavy atom. The Balaban J connectivity index is 1.56. The van der Waals surface area contributed by atoms with Crippen LogP contribution in [0.5, 0.6) is 5.75 Å². The third-order valence-corrected chi connectivity index (χ3v) is 3.86. The maximum absolute atomic E-state index is 12.9. The molecule has 6 nitrogen and oxygen atoms in total. The summed E-state index contributed by atoms with van der Waals surface area (Å²) in [5.74, 6) is 0.512. The van der Waals surface area contributed by atoms with Gasteiger partial charge in [-0.25, -0.2) is 14.4 Å². The van der Waals surface area contributed by atoms with Gasteiger partial charge in [0.1, 0.15) is 17.3 Å². The molecular weight excluding hydrogens is 347 g/mol. The van der Waals surface area contributed by atoms with Crippen molar-refractivity contribution in [3.05, 3.63) is 83.4 Å². The van der Waals surface area contributed by atoms with Crippen LogP contribution in [-0.4, -0.2) is 23.0 Å². The molecule has 1 heterocycles. The number of ether oxygens (including phenoxy) is 1. The molecule has 138 valence electrons. The maximum Gasteiger partial charge on any atom is 0.270 e. The summed E-state index contributed by atoms with van der Waals surface area (Å²) in [7, 11) is 1.62. The standard InChI is InChI=1S/C20H19FN4O2/c1-27-17-8-4-15(5-9-17)13-24-20-22-11-10-18(25-20)19(26)23-12-14-2-6-16(21)7-3-14/h2-11H,12-13H2,1H3,(H,23,26)(H,22,24,25). The van der Waals surface area contributed by atoms with Gasteiger partial charge in [-0.3, -0.25) is 4.79 Å². The number of anilines is 1. The van der Waals surface area contributed by atoms with Crippen molar-refractivity contribution >= 4 is 11.9 Å². The highest BCUT2D eigenvalue weighted by molar-refractivity contribution is 5.92. The summed E-state index contributed by atoms with van der Waals surface area (Å²) < 4.78 is 18.0. The van der Waals surface area contributed by atoms with Crippen molar-refractivity contribution in [2.24, 2.45) is 0 Å². The van der Waals surface area contributed by atoms with Crippen LogP contribution in [0.2, 0.25) is 0 Å². The highest BCUT2D eigenvalue weighted by Crippen LogP contribution is 2.12. The summed E-state index contributed by atoms with van der Waals surface area (Å²) in [6.45, 7) is 0.808. The first-order chi connectivity index (χ1) is 13.1. The van der Waals surface area contributed by atoms with Crippen molar-refractivity contribution in [3.63, 3.8) is 0 Å². The second-order valence-electron chi connectivity index (χ2n) is 5.78. The minimum Gasteiger partial charge on any atom is -0.497 e. The van der Waals surface area contributed by atoms with Crippen LogP contribution < -0.4 is 15.4 Å². The summed E-state index contributed by atoms with van der Waals surface area (Å²) in [4.78, 5) is 20.6. The average Bonchev–Trinajstić information content (AvgIpc) is 2.72. The lowest BCUT2D eigenvalue weighted by molar-refractivity contribution is 0.0946. The molecular formula is C20H19FN4O2. The molecule has 0 spiro atoms. The number of nitrogens with one attached hydrogen (secondary N) is 2. The number of methoxy groups -OCH3 is 1. The van der Waals surface area contributed by atoms with Gasteiger partial charge >= 0.3 is 0 Å². The van der Waals surface area contributed by atoms with E-state index in [2.05, 4.69) is 20.6 Å². The van der Waals surface area contributed by atoms with Crippen LogP contribution in [0, 0.1) is 5.82 Å². The van der Waals surface area contributed by atoms with Crippen LogP contribution in [0.25, 0.3) is 0 Å². The van der Waals surface area contributed by atoms with Crippen LogP contribution in [0.4, 0.5) is 10.3 Å². The van der Waals surface area contributed by atoms with Gasteiger partial charge in [0.05, 0.1) is 7.11 Å². The predicted octanol–water partition coefficient (Wildman–Crippen LogP) is 3.17. The number of nitrogens with zero attached hydrogens (tertiary/aromatic N) is 2. The summed E-state index contributed by atoms with van der Waals surface area (Å²) in [5, 5.41) is 5.84. The number of carbonyl (C=O) groups excluding carboxylic acids is 1. The molecule has 0 atom stereocenters. The van der Waals surface area contributed by atoms with E-state index in [1.807, 2.05) is 24.3 Å². The Kier molecular flexibility index (Phi) is 5.94. The second kappa shape index (κ2) is 8.75. The van der Waals surface area contributed by atoms with Crippen molar-refractivity contribution < 1.29 is 13.9 Å². The van der Waals surface area contributed by atoms with Gasteiger partial charge in [0.2, 0.25) is 5.95 Å². The van der Waals surface area contributed by atoms with Gasteiger partial charge in [-0.2, -0.15) is 0 Å². The molecule has 3 aromatic rings. The summed E-state index contributed by atoms with van der Waals surface area (Å²) in [6.07, 6.45) is 1.52. The molecule has 0 aliphatic rings. The molecule has 1 amide bonds. The fourth-order valence-corrected chi connectivity index (χ4v) is 2.37. The third-order valence-electron chi connectivity index (χ3n) is 3.86. The Labute approximate surface area is 156 Å². The van der Waals surface area contributed by atoms with E-state index < -0.39 is 0 Å². The topological polar surface area (TPSA) is 76.1 Å². The summed E-state index contributed by atoms with van der Waals surface area (Å²) in [5.41, 5.74) is 2.09. The Morgan fingerprint density at radius 2 is 1.67 bits per heavy atom. The molecule has 27 heavy (non-hydrogen) atoms. The summed E-state index contributed by atoms with van der Waals surface area (Å²) in [6, 6.07) is 15.1. The van der Waals surface area contributed by atoms with E-state index in [0.717, 1.165) is 16.9 Å². The lowest BCUT2D eigenvalue weighted by Gasteiger charge is -2.08. The Hall–Kier alpha value is -3.48. The monoisotopic (exact) mass is 366 g/mol. The Morgan fingerprint density at radius 3 is 2.37 bits per heavy atom. The molecule has 0 saturated carbocycles. The van der Waals surface area contributed by atoms with E-state index in [-0.39, 0.29) is 24.0 Å². The number of benzene rings is 2. The van der Waals surface area contributed by atoms with E-state index in [0.29, 0.717) is 12.5 Å². The second-order valence-corrected chi connectivity index (χ2v) is 5.78. The van der Waals surface area contributed by atoms with Crippen LogP contribution in [0.15, 0.2) is 60.8 Å². The first-order valence-electron chi connectivity index (χ1n) is 8.36. The molecule has 7 heteroatoms. The fourth-order valence-electron chi connectivity index (χ4n) is 2.37. The van der Waals surface area contributed by atoms with E-state index in [4.69, 9.17) is 4.74 Å². The summed E-state index contributed by atoms with van der Waals surface area (Å²) >= 11 is 0. The smallest absolute Gasteiger partial charge is 0.270 e. The Bertz CT molecular complexity index is 899. The van der Waals surface area contributed by atoms with Crippen LogP contribution in [-0.2, 0) is 13.1 Å². The quantitative estimate of drug-likeness (QED) is 0.672. The van der Waals surface area contributed by atoms with Crippen molar-refractivity contribution in [2.45, 2.75) is 13.1 Å². The molecule has 0 fully saturated rings. The van der Waals surface area contributed by atoms with Gasteiger partial charge in [-0.1, -0.05) is 24.3 Å². The van der Waals surface area contributed by atoms with Crippen molar-refractivity contribution in [3.8, 4) is 5.75 Å². The average molecular weight is 366 g/mol. The van der Waals surface area contributed by atoms with Crippen LogP contribution in [0.1, 0.15) is 21.6 Å². The molecule has 0 aliphatic heterocycles. The van der Waals surface area contributed by atoms with E-state index in [1.165, 1.54) is 18.3 Å². The minimum atomic E-state index is -0.325. The predicted molar refractivity (Wildman–Crippen MR) is 99.9 cm³/mol. The van der Waals surface area contributed by atoms with Crippen LogP contribution in [0.3, 0.4) is 0 Å². The van der Waals surface area contributed by atoms with E-state index in [1.54, 1.807) is 25.3 Å². The molecule has 0 saturated heterocycles. The molecule has 2 aromatic carbocycles. The zero-order valence-corrected chi connectivity index (χ0v) is 14.8. The molecule has 1 aromatic heterocycles. The van der Waals surface area contributed by atoms with E-state index in [9.17, 15) is 9.18 Å². The lowest BCUT2D eigenvalue weighted by Crippen LogP contribution is -2.24. The molecule has 0 bridgehead atoms. The van der Waals surface area contributed by atoms with Gasteiger partial charge in [0.15, 0.2) is 0 Å². The number of halogens is 1. The number of hydrogen-bond donors (Lipinski definition) is 2. The molecule has 3 rings (SSSR count). The normalized spacial score (nSPS) is 10.3. The molecule has 0 radical (unpaired) electrons. The van der Waals surface area contributed by atoms with Crippen molar-refractivity contribution in [2.75, 3.05) is 12.4 Å². The van der Waals surface area contributed by atoms with Crippen LogP contribution >= 0.6 is 0 Å². The minimum absolute atomic E-state index is 0.254. The van der Waals surface area contributed by atoms with Gasteiger partial charge in [0, 0.05) is 19.3 Å².